The normalized spacial score (nSPS) is 14.0. The van der Waals surface area contributed by atoms with Crippen LogP contribution in [0.2, 0.25) is 0 Å². The van der Waals surface area contributed by atoms with Gasteiger partial charge in [-0.05, 0) is 19.4 Å². The van der Waals surface area contributed by atoms with Crippen LogP contribution in [0.3, 0.4) is 0 Å². The largest absolute Gasteiger partial charge is 0.486 e. The van der Waals surface area contributed by atoms with Crippen LogP contribution in [0.1, 0.15) is 18.1 Å². The van der Waals surface area contributed by atoms with E-state index < -0.39 is 0 Å². The van der Waals surface area contributed by atoms with E-state index in [9.17, 15) is 4.79 Å². The van der Waals surface area contributed by atoms with Gasteiger partial charge in [-0.3, -0.25) is 4.79 Å². The van der Waals surface area contributed by atoms with E-state index >= 15 is 0 Å². The molecule has 1 amide bonds. The van der Waals surface area contributed by atoms with Crippen molar-refractivity contribution >= 4 is 27.5 Å². The first-order chi connectivity index (χ1) is 12.6. The number of aryl methyl sites for hydroxylation is 2. The summed E-state index contributed by atoms with van der Waals surface area (Å²) in [6.45, 7) is 5.92. The third-order valence-corrected chi connectivity index (χ3v) is 5.36. The number of benzene rings is 2. The highest BCUT2D eigenvalue weighted by Gasteiger charge is 2.16. The Morgan fingerprint density at radius 3 is 2.69 bits per heavy atom. The van der Waals surface area contributed by atoms with Gasteiger partial charge in [-0.2, -0.15) is 4.99 Å². The molecule has 0 saturated carbocycles. The Balaban J connectivity index is 1.73. The van der Waals surface area contributed by atoms with E-state index in [4.69, 9.17) is 9.47 Å². The highest BCUT2D eigenvalue weighted by Crippen LogP contribution is 2.35. The fourth-order valence-corrected chi connectivity index (χ4v) is 4.26. The Morgan fingerprint density at radius 2 is 1.96 bits per heavy atom. The molecule has 4 rings (SSSR count). The maximum Gasteiger partial charge on any atom is 0.252 e. The minimum Gasteiger partial charge on any atom is -0.486 e. The molecule has 0 spiro atoms. The SMILES string of the molecule is CCn1c(=NC(=O)Cc2cccc(C)c2)sc2cc3c(cc21)OCCO3. The molecule has 0 atom stereocenters. The van der Waals surface area contributed by atoms with Gasteiger partial charge >= 0.3 is 0 Å². The summed E-state index contributed by atoms with van der Waals surface area (Å²) in [6.07, 6.45) is 0.308. The number of aromatic nitrogens is 1. The van der Waals surface area contributed by atoms with Crippen LogP contribution < -0.4 is 14.3 Å². The summed E-state index contributed by atoms with van der Waals surface area (Å²) in [5, 5.41) is 0. The van der Waals surface area contributed by atoms with Gasteiger partial charge in [0.15, 0.2) is 16.3 Å². The molecule has 0 fully saturated rings. The minimum absolute atomic E-state index is 0.137. The Labute approximate surface area is 155 Å². The lowest BCUT2D eigenvalue weighted by molar-refractivity contribution is -0.117. The second-order valence-electron chi connectivity index (χ2n) is 6.26. The molecule has 26 heavy (non-hydrogen) atoms. The van der Waals surface area contributed by atoms with Gasteiger partial charge in [0.25, 0.3) is 5.91 Å². The fraction of sp³-hybridized carbons (Fsp3) is 0.300. The van der Waals surface area contributed by atoms with E-state index in [1.807, 2.05) is 54.8 Å². The summed E-state index contributed by atoms with van der Waals surface area (Å²) >= 11 is 1.50. The topological polar surface area (TPSA) is 52.8 Å². The molecule has 5 nitrogen and oxygen atoms in total. The molecule has 2 aromatic carbocycles. The molecule has 0 aliphatic carbocycles. The zero-order valence-corrected chi connectivity index (χ0v) is 15.6. The standard InChI is InChI=1S/C20H20N2O3S/c1-3-22-15-11-16-17(25-8-7-24-16)12-18(15)26-20(22)21-19(23)10-14-6-4-5-13(2)9-14/h4-6,9,11-12H,3,7-8,10H2,1-2H3. The van der Waals surface area contributed by atoms with Crippen LogP contribution in [0.25, 0.3) is 10.2 Å². The van der Waals surface area contributed by atoms with Gasteiger partial charge in [0, 0.05) is 18.7 Å². The first-order valence-electron chi connectivity index (χ1n) is 8.70. The Hall–Kier alpha value is -2.60. The molecule has 0 radical (unpaired) electrons. The Kier molecular flexibility index (Phi) is 4.51. The van der Waals surface area contributed by atoms with Crippen LogP contribution in [-0.2, 0) is 17.8 Å². The van der Waals surface area contributed by atoms with Gasteiger partial charge in [-0.25, -0.2) is 0 Å². The van der Waals surface area contributed by atoms with Crippen molar-refractivity contribution in [3.8, 4) is 11.5 Å². The van der Waals surface area contributed by atoms with Gasteiger partial charge in [-0.15, -0.1) is 0 Å². The second kappa shape index (κ2) is 6.96. The summed E-state index contributed by atoms with van der Waals surface area (Å²) in [7, 11) is 0. The van der Waals surface area contributed by atoms with Crippen LogP contribution in [0.4, 0.5) is 0 Å². The number of carbonyl (C=O) groups excluding carboxylic acids is 1. The molecule has 0 bridgehead atoms. The molecule has 1 aliphatic rings. The second-order valence-corrected chi connectivity index (χ2v) is 7.27. The van der Waals surface area contributed by atoms with Crippen LogP contribution in [0, 0.1) is 6.92 Å². The average Bonchev–Trinajstić information content (AvgIpc) is 2.95. The van der Waals surface area contributed by atoms with Gasteiger partial charge in [0.1, 0.15) is 13.2 Å². The third kappa shape index (κ3) is 3.24. The summed E-state index contributed by atoms with van der Waals surface area (Å²) in [5.41, 5.74) is 3.15. The zero-order chi connectivity index (χ0) is 18.1. The van der Waals surface area contributed by atoms with Crippen LogP contribution in [0.5, 0.6) is 11.5 Å². The number of carbonyl (C=O) groups is 1. The number of hydrogen-bond acceptors (Lipinski definition) is 4. The summed E-state index contributed by atoms with van der Waals surface area (Å²) in [4.78, 5) is 17.6. The average molecular weight is 368 g/mol. The molecule has 0 saturated heterocycles. The number of fused-ring (bicyclic) bond motifs is 2. The van der Waals surface area contributed by atoms with Crippen molar-refractivity contribution in [3.05, 3.63) is 52.3 Å². The van der Waals surface area contributed by atoms with Crippen LogP contribution >= 0.6 is 11.3 Å². The molecular formula is C20H20N2O3S. The quantitative estimate of drug-likeness (QED) is 0.711. The Bertz CT molecular complexity index is 1050. The number of nitrogens with zero attached hydrogens (tertiary/aromatic N) is 2. The molecule has 1 aliphatic heterocycles. The van der Waals surface area contributed by atoms with Crippen molar-refractivity contribution in [1.29, 1.82) is 0 Å². The minimum atomic E-state index is -0.137. The van der Waals surface area contributed by atoms with Crippen molar-refractivity contribution in [2.75, 3.05) is 13.2 Å². The molecule has 6 heteroatoms. The molecule has 3 aromatic rings. The number of hydrogen-bond donors (Lipinski definition) is 0. The van der Waals surface area contributed by atoms with Crippen molar-refractivity contribution in [2.45, 2.75) is 26.8 Å². The molecule has 1 aromatic heterocycles. The first-order valence-corrected chi connectivity index (χ1v) is 9.52. The Morgan fingerprint density at radius 1 is 1.19 bits per heavy atom. The first kappa shape index (κ1) is 16.8. The number of rotatable bonds is 3. The van der Waals surface area contributed by atoms with E-state index in [0.29, 0.717) is 24.4 Å². The van der Waals surface area contributed by atoms with Gasteiger partial charge in [0.05, 0.1) is 16.6 Å². The summed E-state index contributed by atoms with van der Waals surface area (Å²) in [5.74, 6) is 1.37. The van der Waals surface area contributed by atoms with E-state index in [1.165, 1.54) is 11.3 Å². The zero-order valence-electron chi connectivity index (χ0n) is 14.8. The van der Waals surface area contributed by atoms with Crippen molar-refractivity contribution in [2.24, 2.45) is 4.99 Å². The van der Waals surface area contributed by atoms with Gasteiger partial charge in [0.2, 0.25) is 0 Å². The molecule has 134 valence electrons. The van der Waals surface area contributed by atoms with Gasteiger partial charge < -0.3 is 14.0 Å². The lowest BCUT2D eigenvalue weighted by Gasteiger charge is -2.18. The fourth-order valence-electron chi connectivity index (χ4n) is 3.14. The molecule has 0 unspecified atom stereocenters. The summed E-state index contributed by atoms with van der Waals surface area (Å²) < 4.78 is 14.4. The predicted octanol–water partition coefficient (Wildman–Crippen LogP) is 3.47. The van der Waals surface area contributed by atoms with E-state index in [2.05, 4.69) is 4.99 Å². The van der Waals surface area contributed by atoms with Crippen LogP contribution in [0.15, 0.2) is 41.4 Å². The van der Waals surface area contributed by atoms with Crippen LogP contribution in [-0.4, -0.2) is 23.7 Å². The number of thiazole rings is 1. The maximum atomic E-state index is 12.5. The monoisotopic (exact) mass is 368 g/mol. The van der Waals surface area contributed by atoms with E-state index in [-0.39, 0.29) is 5.91 Å². The smallest absolute Gasteiger partial charge is 0.252 e. The predicted molar refractivity (Wildman–Crippen MR) is 102 cm³/mol. The van der Waals surface area contributed by atoms with Crippen molar-refractivity contribution in [3.63, 3.8) is 0 Å². The highest BCUT2D eigenvalue weighted by molar-refractivity contribution is 7.16. The molecule has 2 heterocycles. The number of ether oxygens (including phenoxy) is 2. The third-order valence-electron chi connectivity index (χ3n) is 4.32. The van der Waals surface area contributed by atoms with Gasteiger partial charge in [-0.1, -0.05) is 41.2 Å². The van der Waals surface area contributed by atoms with Crippen molar-refractivity contribution < 1.29 is 14.3 Å². The lowest BCUT2D eigenvalue weighted by Crippen LogP contribution is -2.17. The van der Waals surface area contributed by atoms with E-state index in [1.54, 1.807) is 0 Å². The summed E-state index contributed by atoms with van der Waals surface area (Å²) in [6, 6.07) is 11.9. The lowest BCUT2D eigenvalue weighted by atomic mass is 10.1. The molecule has 0 N–H and O–H groups in total. The number of amides is 1. The highest BCUT2D eigenvalue weighted by atomic mass is 32.1. The molecular weight excluding hydrogens is 348 g/mol. The van der Waals surface area contributed by atoms with E-state index in [0.717, 1.165) is 39.4 Å². The van der Waals surface area contributed by atoms with Crippen molar-refractivity contribution in [1.82, 2.24) is 4.57 Å². The maximum absolute atomic E-state index is 12.5.